The van der Waals surface area contributed by atoms with Crippen LogP contribution in [0.4, 0.5) is 17.1 Å². The van der Waals surface area contributed by atoms with Crippen molar-refractivity contribution >= 4 is 33.2 Å². The summed E-state index contributed by atoms with van der Waals surface area (Å²) < 4.78 is 27.1. The Morgan fingerprint density at radius 2 is 1.54 bits per heavy atom. The molecule has 26 heavy (non-hydrogen) atoms. The number of nitrogens with zero attached hydrogens (tertiary/aromatic N) is 2. The molecular weight excluding hydrogens is 350 g/mol. The van der Waals surface area contributed by atoms with E-state index in [0.717, 1.165) is 37.0 Å². The van der Waals surface area contributed by atoms with Gasteiger partial charge in [0.2, 0.25) is 5.91 Å². The van der Waals surface area contributed by atoms with E-state index in [1.54, 1.807) is 26.2 Å². The summed E-state index contributed by atoms with van der Waals surface area (Å²) >= 11 is 0. The van der Waals surface area contributed by atoms with E-state index >= 15 is 0 Å². The summed E-state index contributed by atoms with van der Waals surface area (Å²) in [5.41, 5.74) is 1.72. The monoisotopic (exact) mass is 375 g/mol. The summed E-state index contributed by atoms with van der Waals surface area (Å²) in [6.45, 7) is 0. The lowest BCUT2D eigenvalue weighted by Crippen LogP contribution is -2.51. The molecule has 0 atom stereocenters. The molecule has 1 heterocycles. The topological polar surface area (TPSA) is 69.7 Å². The van der Waals surface area contributed by atoms with Crippen molar-refractivity contribution in [2.24, 2.45) is 23.2 Å². The first-order valence-corrected chi connectivity index (χ1v) is 10.9. The maximum Gasteiger partial charge on any atom is 0.326 e. The van der Waals surface area contributed by atoms with Gasteiger partial charge in [0.25, 0.3) is 0 Å². The van der Waals surface area contributed by atoms with Crippen molar-refractivity contribution in [3.63, 3.8) is 0 Å². The van der Waals surface area contributed by atoms with E-state index in [0.29, 0.717) is 17.1 Å². The molecule has 0 saturated heterocycles. The summed E-state index contributed by atoms with van der Waals surface area (Å²) in [7, 11) is -0.400. The zero-order chi connectivity index (χ0) is 18.3. The van der Waals surface area contributed by atoms with Gasteiger partial charge in [-0.25, -0.2) is 0 Å². The number of rotatable bonds is 2. The standard InChI is InChI=1S/C19H25N3O3S/c1-21-16-4-3-15(8-17(16)22(2)26(21,24)25)20-18(23)19-9-12-5-13(10-19)7-14(6-12)11-19/h3-4,8,12-14H,5-7,9-11H2,1-2H3,(H,20,23). The highest BCUT2D eigenvalue weighted by atomic mass is 32.2. The minimum atomic E-state index is -3.49. The number of amides is 1. The highest BCUT2D eigenvalue weighted by Crippen LogP contribution is 2.60. The Hall–Kier alpha value is -1.76. The zero-order valence-electron chi connectivity index (χ0n) is 15.2. The summed E-state index contributed by atoms with van der Waals surface area (Å²) in [5, 5.41) is 3.11. The molecule has 0 radical (unpaired) electrons. The van der Waals surface area contributed by atoms with Crippen LogP contribution in [-0.2, 0) is 15.0 Å². The van der Waals surface area contributed by atoms with Crippen LogP contribution in [0.2, 0.25) is 0 Å². The Labute approximate surface area is 154 Å². The van der Waals surface area contributed by atoms with Gasteiger partial charge in [0.15, 0.2) is 0 Å². The maximum atomic E-state index is 13.2. The smallest absolute Gasteiger partial charge is 0.326 e. The SMILES string of the molecule is CN1c2ccc(NC(=O)C34CC5CC(CC(C5)C3)C4)cc2N(C)S1(=O)=O. The normalized spacial score (nSPS) is 36.3. The Kier molecular flexibility index (Phi) is 3.25. The molecule has 4 aliphatic carbocycles. The highest BCUT2D eigenvalue weighted by Gasteiger charge is 2.54. The molecule has 6 rings (SSSR count). The minimum Gasteiger partial charge on any atom is -0.326 e. The van der Waals surface area contributed by atoms with Crippen LogP contribution in [0.15, 0.2) is 18.2 Å². The molecule has 4 fully saturated rings. The van der Waals surface area contributed by atoms with Crippen molar-refractivity contribution in [3.8, 4) is 0 Å². The first-order chi connectivity index (χ1) is 12.3. The van der Waals surface area contributed by atoms with E-state index in [2.05, 4.69) is 5.32 Å². The highest BCUT2D eigenvalue weighted by molar-refractivity contribution is 7.94. The molecule has 140 valence electrons. The molecule has 7 heteroatoms. The fourth-order valence-corrected chi connectivity index (χ4v) is 7.37. The largest absolute Gasteiger partial charge is 0.326 e. The number of anilines is 3. The Bertz CT molecular complexity index is 860. The second kappa shape index (κ2) is 5.15. The number of hydrogen-bond acceptors (Lipinski definition) is 3. The molecule has 0 spiro atoms. The number of nitrogens with one attached hydrogen (secondary N) is 1. The van der Waals surface area contributed by atoms with Gasteiger partial charge in [0.05, 0.1) is 16.8 Å². The van der Waals surface area contributed by atoms with E-state index in [4.69, 9.17) is 0 Å². The predicted octanol–water partition coefficient (Wildman–Crippen LogP) is 2.97. The van der Waals surface area contributed by atoms with Gasteiger partial charge in [-0.3, -0.25) is 13.4 Å². The molecule has 1 amide bonds. The molecule has 6 nitrogen and oxygen atoms in total. The van der Waals surface area contributed by atoms with E-state index in [-0.39, 0.29) is 11.3 Å². The van der Waals surface area contributed by atoms with E-state index in [1.165, 1.54) is 27.9 Å². The summed E-state index contributed by atoms with van der Waals surface area (Å²) in [6.07, 6.45) is 6.98. The van der Waals surface area contributed by atoms with Gasteiger partial charge in [0, 0.05) is 19.8 Å². The minimum absolute atomic E-state index is 0.133. The number of carbonyl (C=O) groups is 1. The third-order valence-electron chi connectivity index (χ3n) is 7.12. The lowest BCUT2D eigenvalue weighted by atomic mass is 9.49. The maximum absolute atomic E-state index is 13.2. The van der Waals surface area contributed by atoms with Crippen molar-refractivity contribution in [2.45, 2.75) is 38.5 Å². The number of hydrogen-bond donors (Lipinski definition) is 1. The lowest BCUT2D eigenvalue weighted by molar-refractivity contribution is -0.140. The third-order valence-corrected chi connectivity index (χ3v) is 8.90. The second-order valence-electron chi connectivity index (χ2n) is 8.80. The van der Waals surface area contributed by atoms with E-state index in [9.17, 15) is 13.2 Å². The number of carbonyl (C=O) groups excluding carboxylic acids is 1. The fraction of sp³-hybridized carbons (Fsp3) is 0.632. The van der Waals surface area contributed by atoms with Crippen molar-refractivity contribution in [1.82, 2.24) is 0 Å². The first-order valence-electron chi connectivity index (χ1n) is 9.47. The van der Waals surface area contributed by atoms with Crippen LogP contribution in [-0.4, -0.2) is 28.4 Å². The van der Waals surface area contributed by atoms with Gasteiger partial charge in [-0.2, -0.15) is 8.42 Å². The quantitative estimate of drug-likeness (QED) is 0.864. The van der Waals surface area contributed by atoms with Gasteiger partial charge in [0.1, 0.15) is 0 Å². The van der Waals surface area contributed by atoms with Gasteiger partial charge >= 0.3 is 10.2 Å². The van der Waals surface area contributed by atoms with Crippen LogP contribution in [0, 0.1) is 23.2 Å². The Morgan fingerprint density at radius 1 is 1.00 bits per heavy atom. The van der Waals surface area contributed by atoms with Crippen LogP contribution in [0.1, 0.15) is 38.5 Å². The molecule has 1 aromatic carbocycles. The Balaban J connectivity index is 1.41. The Morgan fingerprint density at radius 3 is 2.12 bits per heavy atom. The van der Waals surface area contributed by atoms with E-state index in [1.807, 2.05) is 6.07 Å². The number of benzene rings is 1. The molecule has 1 aliphatic heterocycles. The van der Waals surface area contributed by atoms with E-state index < -0.39 is 10.2 Å². The van der Waals surface area contributed by atoms with Gasteiger partial charge in [-0.15, -0.1) is 0 Å². The fourth-order valence-electron chi connectivity index (χ4n) is 6.20. The van der Waals surface area contributed by atoms with Crippen LogP contribution in [0.3, 0.4) is 0 Å². The molecule has 0 aromatic heterocycles. The second-order valence-corrected chi connectivity index (χ2v) is 10.8. The average Bonchev–Trinajstić information content (AvgIpc) is 2.74. The molecule has 4 bridgehead atoms. The molecule has 1 N–H and O–H groups in total. The van der Waals surface area contributed by atoms with Crippen molar-refractivity contribution < 1.29 is 13.2 Å². The molecule has 0 unspecified atom stereocenters. The molecular formula is C19H25N3O3S. The number of fused-ring (bicyclic) bond motifs is 1. The van der Waals surface area contributed by atoms with Crippen LogP contribution >= 0.6 is 0 Å². The predicted molar refractivity (Wildman–Crippen MR) is 101 cm³/mol. The zero-order valence-corrected chi connectivity index (χ0v) is 16.1. The van der Waals surface area contributed by atoms with Gasteiger partial charge in [-0.05, 0) is 74.5 Å². The molecule has 4 saturated carbocycles. The van der Waals surface area contributed by atoms with Crippen LogP contribution in [0.5, 0.6) is 0 Å². The molecule has 5 aliphatic rings. The van der Waals surface area contributed by atoms with Gasteiger partial charge < -0.3 is 5.32 Å². The third kappa shape index (κ3) is 2.15. The van der Waals surface area contributed by atoms with Crippen molar-refractivity contribution in [3.05, 3.63) is 18.2 Å². The summed E-state index contributed by atoms with van der Waals surface area (Å²) in [5.74, 6) is 2.29. The van der Waals surface area contributed by atoms with Gasteiger partial charge in [-0.1, -0.05) is 0 Å². The first kappa shape index (κ1) is 16.4. The van der Waals surface area contributed by atoms with Crippen LogP contribution in [0.25, 0.3) is 0 Å². The van der Waals surface area contributed by atoms with Crippen molar-refractivity contribution in [2.75, 3.05) is 28.0 Å². The lowest BCUT2D eigenvalue weighted by Gasteiger charge is -2.55. The summed E-state index contributed by atoms with van der Waals surface area (Å²) in [4.78, 5) is 13.2. The molecule has 1 aromatic rings. The average molecular weight is 375 g/mol. The van der Waals surface area contributed by atoms with Crippen molar-refractivity contribution in [1.29, 1.82) is 0 Å². The van der Waals surface area contributed by atoms with Crippen LogP contribution < -0.4 is 13.9 Å². The summed E-state index contributed by atoms with van der Waals surface area (Å²) in [6, 6.07) is 5.35.